The summed E-state index contributed by atoms with van der Waals surface area (Å²) in [6.07, 6.45) is 8.48. The van der Waals surface area contributed by atoms with Crippen LogP contribution in [0, 0.1) is 0 Å². The van der Waals surface area contributed by atoms with Crippen molar-refractivity contribution in [3.8, 4) is 0 Å². The van der Waals surface area contributed by atoms with Crippen LogP contribution >= 0.6 is 0 Å². The number of carbonyl (C=O) groups excluding carboxylic acids is 1. The van der Waals surface area contributed by atoms with Gasteiger partial charge in [-0.2, -0.15) is 0 Å². The highest BCUT2D eigenvalue weighted by atomic mass is 16.2. The zero-order valence-corrected chi connectivity index (χ0v) is 14.4. The van der Waals surface area contributed by atoms with Crippen LogP contribution in [0.25, 0.3) is 0 Å². The topological polar surface area (TPSA) is 63.1 Å². The summed E-state index contributed by atoms with van der Waals surface area (Å²) in [5.41, 5.74) is 1.25. The average Bonchev–Trinajstić information content (AvgIpc) is 3.09. The van der Waals surface area contributed by atoms with E-state index in [9.17, 15) is 4.79 Å². The summed E-state index contributed by atoms with van der Waals surface area (Å²) >= 11 is 0. The Morgan fingerprint density at radius 2 is 2.25 bits per heavy atom. The van der Waals surface area contributed by atoms with E-state index in [1.54, 1.807) is 6.20 Å². The molecule has 0 saturated carbocycles. The first kappa shape index (κ1) is 16.5. The summed E-state index contributed by atoms with van der Waals surface area (Å²) in [4.78, 5) is 23.2. The normalized spacial score (nSPS) is 17.8. The van der Waals surface area contributed by atoms with Crippen molar-refractivity contribution in [3.05, 3.63) is 42.1 Å². The van der Waals surface area contributed by atoms with Crippen molar-refractivity contribution in [2.24, 2.45) is 0 Å². The minimum absolute atomic E-state index is 0.176. The van der Waals surface area contributed by atoms with Gasteiger partial charge in [0.1, 0.15) is 18.2 Å². The summed E-state index contributed by atoms with van der Waals surface area (Å²) in [5.74, 6) is 2.40. The summed E-state index contributed by atoms with van der Waals surface area (Å²) in [6.45, 7) is 4.06. The predicted octanol–water partition coefficient (Wildman–Crippen LogP) is 2.29. The van der Waals surface area contributed by atoms with E-state index in [0.717, 1.165) is 44.0 Å². The molecule has 1 fully saturated rings. The van der Waals surface area contributed by atoms with Crippen molar-refractivity contribution in [1.29, 1.82) is 0 Å². The van der Waals surface area contributed by atoms with Gasteiger partial charge in [-0.05, 0) is 30.5 Å². The predicted molar refractivity (Wildman–Crippen MR) is 93.9 cm³/mol. The molecule has 0 aliphatic carbocycles. The number of pyridine rings is 1. The maximum Gasteiger partial charge on any atom is 0.242 e. The summed E-state index contributed by atoms with van der Waals surface area (Å²) in [7, 11) is 1.87. The number of aromatic nitrogens is 3. The van der Waals surface area contributed by atoms with Crippen molar-refractivity contribution in [2.45, 2.75) is 38.6 Å². The quantitative estimate of drug-likeness (QED) is 0.915. The number of nitrogens with one attached hydrogen (secondary N) is 1. The lowest BCUT2D eigenvalue weighted by Gasteiger charge is -2.33. The maximum atomic E-state index is 12.7. The van der Waals surface area contributed by atoms with Gasteiger partial charge in [-0.3, -0.25) is 4.79 Å². The van der Waals surface area contributed by atoms with Gasteiger partial charge in [0.15, 0.2) is 0 Å². The lowest BCUT2D eigenvalue weighted by atomic mass is 9.91. The van der Waals surface area contributed by atoms with E-state index in [1.807, 2.05) is 28.9 Å². The third-order valence-electron chi connectivity index (χ3n) is 4.71. The largest absolute Gasteiger partial charge is 0.373 e. The highest BCUT2D eigenvalue weighted by Crippen LogP contribution is 2.28. The molecule has 24 heavy (non-hydrogen) atoms. The van der Waals surface area contributed by atoms with Crippen molar-refractivity contribution >= 4 is 11.7 Å². The second-order valence-electron chi connectivity index (χ2n) is 6.23. The number of imidazole rings is 1. The van der Waals surface area contributed by atoms with Crippen molar-refractivity contribution in [2.75, 3.05) is 25.5 Å². The second-order valence-corrected chi connectivity index (χ2v) is 6.23. The van der Waals surface area contributed by atoms with Crippen LogP contribution in [0.3, 0.4) is 0 Å². The number of rotatable bonds is 5. The van der Waals surface area contributed by atoms with Gasteiger partial charge in [0.05, 0.1) is 0 Å². The Balaban J connectivity index is 1.67. The second kappa shape index (κ2) is 7.47. The van der Waals surface area contributed by atoms with E-state index in [4.69, 9.17) is 0 Å². The first-order chi connectivity index (χ1) is 11.7. The van der Waals surface area contributed by atoms with E-state index in [-0.39, 0.29) is 5.91 Å². The molecule has 6 heteroatoms. The first-order valence-corrected chi connectivity index (χ1v) is 8.62. The number of carbonyl (C=O) groups is 1. The molecule has 1 atom stereocenters. The Hall–Kier alpha value is -2.37. The van der Waals surface area contributed by atoms with Gasteiger partial charge in [-0.15, -0.1) is 0 Å². The molecule has 128 valence electrons. The average molecular weight is 327 g/mol. The van der Waals surface area contributed by atoms with Crippen molar-refractivity contribution < 1.29 is 4.79 Å². The molecule has 1 N–H and O–H groups in total. The number of hydrogen-bond acceptors (Lipinski definition) is 4. The van der Waals surface area contributed by atoms with Gasteiger partial charge in [-0.1, -0.05) is 6.92 Å². The van der Waals surface area contributed by atoms with Crippen molar-refractivity contribution in [3.63, 3.8) is 0 Å². The van der Waals surface area contributed by atoms with E-state index in [1.165, 1.54) is 5.56 Å². The SMILES string of the molecule is CCc1nccn1CC(=O)N1CCCC(c2ccnc(NC)c2)C1. The van der Waals surface area contributed by atoms with Gasteiger partial charge in [0, 0.05) is 51.1 Å². The minimum Gasteiger partial charge on any atom is -0.373 e. The Bertz CT molecular complexity index is 696. The Labute approximate surface area is 142 Å². The molecule has 2 aromatic rings. The fourth-order valence-electron chi connectivity index (χ4n) is 3.36. The summed E-state index contributed by atoms with van der Waals surface area (Å²) in [6, 6.07) is 4.15. The van der Waals surface area contributed by atoms with Crippen LogP contribution < -0.4 is 5.32 Å². The van der Waals surface area contributed by atoms with Gasteiger partial charge < -0.3 is 14.8 Å². The molecule has 1 aliphatic heterocycles. The molecule has 1 aliphatic rings. The molecule has 0 spiro atoms. The molecular weight excluding hydrogens is 302 g/mol. The number of amides is 1. The van der Waals surface area contributed by atoms with Crippen LogP contribution in [0.15, 0.2) is 30.7 Å². The van der Waals surface area contributed by atoms with E-state index < -0.39 is 0 Å². The molecule has 1 unspecified atom stereocenters. The molecule has 0 radical (unpaired) electrons. The van der Waals surface area contributed by atoms with Gasteiger partial charge >= 0.3 is 0 Å². The van der Waals surface area contributed by atoms with E-state index in [0.29, 0.717) is 12.5 Å². The van der Waals surface area contributed by atoms with Crippen LogP contribution in [-0.2, 0) is 17.8 Å². The van der Waals surface area contributed by atoms with Gasteiger partial charge in [0.25, 0.3) is 0 Å². The fourth-order valence-corrected chi connectivity index (χ4v) is 3.36. The molecule has 3 rings (SSSR count). The lowest BCUT2D eigenvalue weighted by molar-refractivity contribution is -0.133. The number of hydrogen-bond donors (Lipinski definition) is 1. The van der Waals surface area contributed by atoms with Crippen LogP contribution in [0.1, 0.15) is 37.1 Å². The number of anilines is 1. The fraction of sp³-hybridized carbons (Fsp3) is 0.500. The Kier molecular flexibility index (Phi) is 5.13. The molecule has 1 saturated heterocycles. The summed E-state index contributed by atoms with van der Waals surface area (Å²) in [5, 5.41) is 3.08. The number of aryl methyl sites for hydroxylation is 1. The molecule has 0 bridgehead atoms. The molecule has 6 nitrogen and oxygen atoms in total. The zero-order valence-electron chi connectivity index (χ0n) is 14.4. The van der Waals surface area contributed by atoms with Gasteiger partial charge in [0.2, 0.25) is 5.91 Å². The van der Waals surface area contributed by atoms with Gasteiger partial charge in [-0.25, -0.2) is 9.97 Å². The van der Waals surface area contributed by atoms with E-state index in [2.05, 4.69) is 34.3 Å². The third-order valence-corrected chi connectivity index (χ3v) is 4.71. The number of nitrogens with zero attached hydrogens (tertiary/aromatic N) is 4. The minimum atomic E-state index is 0.176. The van der Waals surface area contributed by atoms with Crippen LogP contribution in [0.5, 0.6) is 0 Å². The smallest absolute Gasteiger partial charge is 0.242 e. The standard InChI is InChI=1S/C18H25N5O/c1-3-17-21-8-10-22(17)13-18(24)23-9-4-5-15(12-23)14-6-7-20-16(11-14)19-2/h6-8,10-11,15H,3-5,9,12-13H2,1-2H3,(H,19,20). The number of piperidine rings is 1. The molecule has 1 amide bonds. The summed E-state index contributed by atoms with van der Waals surface area (Å²) < 4.78 is 1.96. The molecular formula is C18H25N5O. The molecule has 0 aromatic carbocycles. The van der Waals surface area contributed by atoms with Crippen molar-refractivity contribution in [1.82, 2.24) is 19.4 Å². The lowest BCUT2D eigenvalue weighted by Crippen LogP contribution is -2.41. The molecule has 2 aromatic heterocycles. The third kappa shape index (κ3) is 3.58. The van der Waals surface area contributed by atoms with E-state index >= 15 is 0 Å². The van der Waals surface area contributed by atoms with Crippen LogP contribution in [0.2, 0.25) is 0 Å². The van der Waals surface area contributed by atoms with Crippen LogP contribution in [-0.4, -0.2) is 45.5 Å². The number of likely N-dealkylation sites (tertiary alicyclic amines) is 1. The maximum absolute atomic E-state index is 12.7. The molecule has 3 heterocycles. The zero-order chi connectivity index (χ0) is 16.9. The highest BCUT2D eigenvalue weighted by molar-refractivity contribution is 5.76. The Morgan fingerprint density at radius 3 is 3.04 bits per heavy atom. The Morgan fingerprint density at radius 1 is 1.38 bits per heavy atom. The highest BCUT2D eigenvalue weighted by Gasteiger charge is 2.25. The monoisotopic (exact) mass is 327 g/mol. The van der Waals surface area contributed by atoms with Crippen LogP contribution in [0.4, 0.5) is 5.82 Å². The first-order valence-electron chi connectivity index (χ1n) is 8.62.